The summed E-state index contributed by atoms with van der Waals surface area (Å²) in [6.45, 7) is 5.39. The molecule has 0 saturated heterocycles. The van der Waals surface area contributed by atoms with E-state index in [0.29, 0.717) is 19.4 Å². The van der Waals surface area contributed by atoms with Gasteiger partial charge in [-0.3, -0.25) is 0 Å². The standard InChI is InChI=1S/C23H28N2O3/c1-17(11-13-26)15-19-9-10-22(18(2)23(19)27)28-14-6-5-12-25-16-24-20-7-3-4-8-21(20)25/h3-4,7-10,13,16-17,27H,5-6,11-12,14-15H2,1-2H3. The Bertz CT molecular complexity index is 933. The summed E-state index contributed by atoms with van der Waals surface area (Å²) in [6, 6.07) is 12.0. The predicted molar refractivity (Wildman–Crippen MR) is 111 cm³/mol. The number of phenolic OH excluding ortho intramolecular Hbond substituents is 1. The van der Waals surface area contributed by atoms with Crippen LogP contribution in [0.3, 0.4) is 0 Å². The molecule has 1 atom stereocenters. The van der Waals surface area contributed by atoms with Crippen LogP contribution in [0.2, 0.25) is 0 Å². The topological polar surface area (TPSA) is 64.4 Å². The average molecular weight is 380 g/mol. The SMILES string of the molecule is Cc1c(OCCCCn2cnc3ccccc32)ccc(CC(C)CC=O)c1O. The lowest BCUT2D eigenvalue weighted by atomic mass is 9.96. The van der Waals surface area contributed by atoms with Crippen molar-refractivity contribution in [3.8, 4) is 11.5 Å². The second kappa shape index (κ2) is 9.40. The van der Waals surface area contributed by atoms with Crippen LogP contribution >= 0.6 is 0 Å². The van der Waals surface area contributed by atoms with Crippen LogP contribution < -0.4 is 4.74 Å². The van der Waals surface area contributed by atoms with Crippen LogP contribution in [0.5, 0.6) is 11.5 Å². The second-order valence-corrected chi connectivity index (χ2v) is 7.39. The van der Waals surface area contributed by atoms with Crippen molar-refractivity contribution in [3.63, 3.8) is 0 Å². The van der Waals surface area contributed by atoms with Crippen LogP contribution in [0, 0.1) is 12.8 Å². The molecule has 5 heteroatoms. The number of hydrogen-bond acceptors (Lipinski definition) is 4. The minimum absolute atomic E-state index is 0.217. The van der Waals surface area contributed by atoms with Gasteiger partial charge in [0.2, 0.25) is 0 Å². The first-order chi connectivity index (χ1) is 13.6. The minimum atomic E-state index is 0.217. The van der Waals surface area contributed by atoms with E-state index in [0.717, 1.165) is 53.6 Å². The Morgan fingerprint density at radius 1 is 1.21 bits per heavy atom. The van der Waals surface area contributed by atoms with Gasteiger partial charge in [0.1, 0.15) is 17.8 Å². The molecule has 28 heavy (non-hydrogen) atoms. The molecule has 2 aromatic carbocycles. The number of hydrogen-bond donors (Lipinski definition) is 1. The van der Waals surface area contributed by atoms with Gasteiger partial charge in [-0.1, -0.05) is 25.1 Å². The monoisotopic (exact) mass is 380 g/mol. The molecule has 0 saturated carbocycles. The van der Waals surface area contributed by atoms with E-state index in [1.807, 2.05) is 50.5 Å². The third-order valence-corrected chi connectivity index (χ3v) is 5.11. The number of para-hydroxylation sites is 2. The molecular formula is C23H28N2O3. The van der Waals surface area contributed by atoms with Gasteiger partial charge < -0.3 is 19.2 Å². The first kappa shape index (κ1) is 19.9. The van der Waals surface area contributed by atoms with Crippen LogP contribution in [0.4, 0.5) is 0 Å². The van der Waals surface area contributed by atoms with Crippen LogP contribution in [-0.4, -0.2) is 27.6 Å². The number of aromatic hydroxyl groups is 1. The Morgan fingerprint density at radius 2 is 2.04 bits per heavy atom. The number of ether oxygens (including phenoxy) is 1. The van der Waals surface area contributed by atoms with Crippen LogP contribution in [0.15, 0.2) is 42.7 Å². The fraction of sp³-hybridized carbons (Fsp3) is 0.391. The summed E-state index contributed by atoms with van der Waals surface area (Å²) in [6.07, 6.45) is 5.92. The van der Waals surface area contributed by atoms with Gasteiger partial charge in [-0.15, -0.1) is 0 Å². The van der Waals surface area contributed by atoms with Crippen molar-refractivity contribution < 1.29 is 14.6 Å². The zero-order valence-electron chi connectivity index (χ0n) is 16.6. The molecule has 0 aliphatic carbocycles. The van der Waals surface area contributed by atoms with Crippen molar-refractivity contribution in [3.05, 3.63) is 53.9 Å². The number of fused-ring (bicyclic) bond motifs is 1. The number of phenols is 1. The summed E-state index contributed by atoms with van der Waals surface area (Å²) >= 11 is 0. The highest BCUT2D eigenvalue weighted by Gasteiger charge is 2.13. The minimum Gasteiger partial charge on any atom is -0.507 e. The second-order valence-electron chi connectivity index (χ2n) is 7.39. The summed E-state index contributed by atoms with van der Waals surface area (Å²) in [7, 11) is 0. The molecule has 0 bridgehead atoms. The Balaban J connectivity index is 1.49. The number of nitrogens with zero attached hydrogens (tertiary/aromatic N) is 2. The quantitative estimate of drug-likeness (QED) is 0.410. The lowest BCUT2D eigenvalue weighted by Gasteiger charge is -2.15. The molecular weight excluding hydrogens is 352 g/mol. The number of rotatable bonds is 10. The lowest BCUT2D eigenvalue weighted by molar-refractivity contribution is -0.108. The van der Waals surface area contributed by atoms with Crippen LogP contribution in [-0.2, 0) is 17.8 Å². The maximum atomic E-state index is 10.6. The number of aromatic nitrogens is 2. The third-order valence-electron chi connectivity index (χ3n) is 5.11. The number of aryl methyl sites for hydroxylation is 1. The highest BCUT2D eigenvalue weighted by molar-refractivity contribution is 5.74. The summed E-state index contributed by atoms with van der Waals surface area (Å²) < 4.78 is 8.06. The molecule has 0 fully saturated rings. The van der Waals surface area contributed by atoms with Gasteiger partial charge in [0, 0.05) is 18.5 Å². The van der Waals surface area contributed by atoms with E-state index in [1.54, 1.807) is 0 Å². The van der Waals surface area contributed by atoms with E-state index in [4.69, 9.17) is 4.74 Å². The zero-order valence-corrected chi connectivity index (χ0v) is 16.6. The molecule has 0 spiro atoms. The van der Waals surface area contributed by atoms with Gasteiger partial charge in [0.25, 0.3) is 0 Å². The summed E-state index contributed by atoms with van der Waals surface area (Å²) in [4.78, 5) is 15.0. The van der Waals surface area contributed by atoms with Gasteiger partial charge in [-0.2, -0.15) is 0 Å². The number of aldehydes is 1. The molecule has 5 nitrogen and oxygen atoms in total. The molecule has 0 radical (unpaired) electrons. The zero-order chi connectivity index (χ0) is 19.9. The molecule has 1 N–H and O–H groups in total. The smallest absolute Gasteiger partial charge is 0.125 e. The van der Waals surface area contributed by atoms with Gasteiger partial charge in [-0.25, -0.2) is 4.98 Å². The molecule has 0 aliphatic heterocycles. The molecule has 3 rings (SSSR count). The number of imidazole rings is 1. The summed E-state index contributed by atoms with van der Waals surface area (Å²) in [5.74, 6) is 1.21. The maximum Gasteiger partial charge on any atom is 0.125 e. The van der Waals surface area contributed by atoms with Gasteiger partial charge in [0.15, 0.2) is 0 Å². The first-order valence-corrected chi connectivity index (χ1v) is 9.88. The van der Waals surface area contributed by atoms with E-state index in [1.165, 1.54) is 0 Å². The number of benzene rings is 2. The fourth-order valence-corrected chi connectivity index (χ4v) is 3.44. The fourth-order valence-electron chi connectivity index (χ4n) is 3.44. The van der Waals surface area contributed by atoms with Gasteiger partial charge >= 0.3 is 0 Å². The van der Waals surface area contributed by atoms with E-state index < -0.39 is 0 Å². The van der Waals surface area contributed by atoms with Gasteiger partial charge in [-0.05, 0) is 55.9 Å². The highest BCUT2D eigenvalue weighted by Crippen LogP contribution is 2.32. The van der Waals surface area contributed by atoms with Crippen molar-refractivity contribution in [1.82, 2.24) is 9.55 Å². The normalized spacial score (nSPS) is 12.2. The third kappa shape index (κ3) is 4.71. The van der Waals surface area contributed by atoms with Crippen molar-refractivity contribution >= 4 is 17.3 Å². The lowest BCUT2D eigenvalue weighted by Crippen LogP contribution is -2.04. The summed E-state index contributed by atoms with van der Waals surface area (Å²) in [5.41, 5.74) is 3.80. The van der Waals surface area contributed by atoms with Crippen molar-refractivity contribution in [2.75, 3.05) is 6.61 Å². The molecule has 1 unspecified atom stereocenters. The highest BCUT2D eigenvalue weighted by atomic mass is 16.5. The molecule has 148 valence electrons. The predicted octanol–water partition coefficient (Wildman–Crippen LogP) is 4.68. The molecule has 0 amide bonds. The Kier molecular flexibility index (Phi) is 6.69. The largest absolute Gasteiger partial charge is 0.507 e. The summed E-state index contributed by atoms with van der Waals surface area (Å²) in [5, 5.41) is 10.4. The van der Waals surface area contributed by atoms with Crippen LogP contribution in [0.1, 0.15) is 37.3 Å². The number of carbonyl (C=O) groups is 1. The van der Waals surface area contributed by atoms with E-state index in [-0.39, 0.29) is 11.7 Å². The van der Waals surface area contributed by atoms with Crippen LogP contribution in [0.25, 0.3) is 11.0 Å². The Labute approximate surface area is 166 Å². The Morgan fingerprint density at radius 3 is 2.86 bits per heavy atom. The van der Waals surface area contributed by atoms with E-state index in [9.17, 15) is 9.90 Å². The Hall–Kier alpha value is -2.82. The maximum absolute atomic E-state index is 10.6. The van der Waals surface area contributed by atoms with Gasteiger partial charge in [0.05, 0.1) is 24.0 Å². The molecule has 1 aromatic heterocycles. The number of unbranched alkanes of at least 4 members (excludes halogenated alkanes) is 1. The molecule has 1 heterocycles. The van der Waals surface area contributed by atoms with E-state index >= 15 is 0 Å². The van der Waals surface area contributed by atoms with Crippen molar-refractivity contribution in [2.45, 2.75) is 46.1 Å². The average Bonchev–Trinajstić information content (AvgIpc) is 3.10. The van der Waals surface area contributed by atoms with Crippen molar-refractivity contribution in [1.29, 1.82) is 0 Å². The molecule has 3 aromatic rings. The molecule has 0 aliphatic rings. The van der Waals surface area contributed by atoms with Crippen molar-refractivity contribution in [2.24, 2.45) is 5.92 Å². The first-order valence-electron chi connectivity index (χ1n) is 9.88. The van der Waals surface area contributed by atoms with E-state index in [2.05, 4.69) is 15.6 Å². The number of carbonyl (C=O) groups excluding carboxylic acids is 1.